The fourth-order valence-electron chi connectivity index (χ4n) is 3.47. The molecule has 0 radical (unpaired) electrons. The van der Waals surface area contributed by atoms with Crippen molar-refractivity contribution in [2.45, 2.75) is 32.2 Å². The van der Waals surface area contributed by atoms with E-state index in [4.69, 9.17) is 17.3 Å². The van der Waals surface area contributed by atoms with Gasteiger partial charge in [0.05, 0.1) is 18.2 Å². The first kappa shape index (κ1) is 16.9. The number of carbonyl (C=O) groups is 3. The molecule has 24 heavy (non-hydrogen) atoms. The van der Waals surface area contributed by atoms with E-state index in [-0.39, 0.29) is 30.1 Å². The van der Waals surface area contributed by atoms with Crippen LogP contribution in [0.3, 0.4) is 0 Å². The van der Waals surface area contributed by atoms with Gasteiger partial charge in [0.25, 0.3) is 5.91 Å². The Balaban J connectivity index is 1.78. The van der Waals surface area contributed by atoms with Gasteiger partial charge >= 0.3 is 0 Å². The molecule has 0 bridgehead atoms. The second-order valence-corrected chi connectivity index (χ2v) is 6.87. The van der Waals surface area contributed by atoms with Gasteiger partial charge < -0.3 is 5.73 Å². The van der Waals surface area contributed by atoms with E-state index in [0.717, 1.165) is 5.56 Å². The van der Waals surface area contributed by atoms with Crippen LogP contribution in [0.25, 0.3) is 0 Å². The Morgan fingerprint density at radius 3 is 2.54 bits per heavy atom. The molecule has 2 saturated heterocycles. The molecule has 0 aliphatic carbocycles. The number of benzene rings is 1. The lowest BCUT2D eigenvalue weighted by molar-refractivity contribution is -0.124. The number of primary amides is 1. The van der Waals surface area contributed by atoms with Crippen LogP contribution < -0.4 is 10.6 Å². The third-order valence-corrected chi connectivity index (χ3v) is 5.14. The zero-order chi connectivity index (χ0) is 17.4. The number of nitrogens with zero attached hydrogens (tertiary/aromatic N) is 2. The quantitative estimate of drug-likeness (QED) is 0.838. The molecule has 6 nitrogen and oxygen atoms in total. The molecule has 128 valence electrons. The minimum Gasteiger partial charge on any atom is -0.369 e. The molecule has 0 saturated carbocycles. The number of amides is 3. The molecule has 2 N–H and O–H groups in total. The largest absolute Gasteiger partial charge is 0.369 e. The SMILES string of the molecule is Cc1ccc(Cl)cc1N1C(=O)C[C@@H](N2CCC(C(N)=O)CC2)C1=O. The highest BCUT2D eigenvalue weighted by molar-refractivity contribution is 6.31. The van der Waals surface area contributed by atoms with Crippen molar-refractivity contribution >= 4 is 35.0 Å². The average Bonchev–Trinajstić information content (AvgIpc) is 2.84. The summed E-state index contributed by atoms with van der Waals surface area (Å²) in [5, 5.41) is 0.488. The molecule has 0 spiro atoms. The first-order chi connectivity index (χ1) is 11.4. The summed E-state index contributed by atoms with van der Waals surface area (Å²) >= 11 is 6.02. The lowest BCUT2D eigenvalue weighted by Crippen LogP contribution is -2.47. The zero-order valence-corrected chi connectivity index (χ0v) is 14.3. The molecule has 2 fully saturated rings. The summed E-state index contributed by atoms with van der Waals surface area (Å²) < 4.78 is 0. The fraction of sp³-hybridized carbons (Fsp3) is 0.471. The van der Waals surface area contributed by atoms with E-state index in [1.807, 2.05) is 11.8 Å². The summed E-state index contributed by atoms with van der Waals surface area (Å²) in [5.41, 5.74) is 6.72. The summed E-state index contributed by atoms with van der Waals surface area (Å²) in [6.45, 7) is 3.04. The highest BCUT2D eigenvalue weighted by Gasteiger charge is 2.44. The Bertz CT molecular complexity index is 698. The minimum atomic E-state index is -0.468. The van der Waals surface area contributed by atoms with Crippen LogP contribution in [-0.4, -0.2) is 41.8 Å². The first-order valence-corrected chi connectivity index (χ1v) is 8.42. The Labute approximate surface area is 145 Å². The molecule has 2 heterocycles. The van der Waals surface area contributed by atoms with Gasteiger partial charge in [0.1, 0.15) is 0 Å². The highest BCUT2D eigenvalue weighted by atomic mass is 35.5. The predicted octanol–water partition coefficient (Wildman–Crippen LogP) is 1.48. The molecule has 1 aromatic rings. The molecule has 2 aliphatic rings. The number of hydrogen-bond donors (Lipinski definition) is 1. The van der Waals surface area contributed by atoms with Gasteiger partial charge in [0.2, 0.25) is 11.8 Å². The summed E-state index contributed by atoms with van der Waals surface area (Å²) in [6.07, 6.45) is 1.42. The maximum Gasteiger partial charge on any atom is 0.251 e. The normalized spacial score (nSPS) is 23.1. The van der Waals surface area contributed by atoms with E-state index in [0.29, 0.717) is 36.6 Å². The summed E-state index contributed by atoms with van der Waals surface area (Å²) in [4.78, 5) is 39.8. The number of carbonyl (C=O) groups excluding carboxylic acids is 3. The number of aryl methyl sites for hydroxylation is 1. The molecule has 3 amide bonds. The van der Waals surface area contributed by atoms with Crippen LogP contribution in [0.2, 0.25) is 5.02 Å². The lowest BCUT2D eigenvalue weighted by atomic mass is 9.95. The second kappa shape index (κ2) is 6.53. The molecular weight excluding hydrogens is 330 g/mol. The second-order valence-electron chi connectivity index (χ2n) is 6.43. The molecule has 0 aromatic heterocycles. The van der Waals surface area contributed by atoms with Gasteiger partial charge in [-0.3, -0.25) is 19.3 Å². The van der Waals surface area contributed by atoms with E-state index in [1.54, 1.807) is 18.2 Å². The summed E-state index contributed by atoms with van der Waals surface area (Å²) in [5.74, 6) is -0.866. The number of likely N-dealkylation sites (tertiary alicyclic amines) is 1. The van der Waals surface area contributed by atoms with E-state index < -0.39 is 6.04 Å². The Hall–Kier alpha value is -1.92. The summed E-state index contributed by atoms with van der Waals surface area (Å²) in [6, 6.07) is 4.71. The zero-order valence-electron chi connectivity index (χ0n) is 13.5. The molecule has 3 rings (SSSR count). The number of imide groups is 1. The van der Waals surface area contributed by atoms with Crippen LogP contribution in [0.5, 0.6) is 0 Å². The standard InChI is InChI=1S/C17H20ClN3O3/c1-10-2-3-12(18)8-13(10)21-15(22)9-14(17(21)24)20-6-4-11(5-7-20)16(19)23/h2-3,8,11,14H,4-7,9H2,1H3,(H2,19,23)/t14-/m1/s1. The van der Waals surface area contributed by atoms with E-state index >= 15 is 0 Å². The monoisotopic (exact) mass is 349 g/mol. The molecule has 1 atom stereocenters. The third kappa shape index (κ3) is 3.03. The van der Waals surface area contributed by atoms with Crippen molar-refractivity contribution in [2.24, 2.45) is 11.7 Å². The van der Waals surface area contributed by atoms with Gasteiger partial charge in [-0.15, -0.1) is 0 Å². The van der Waals surface area contributed by atoms with Crippen LogP contribution in [0.1, 0.15) is 24.8 Å². The van der Waals surface area contributed by atoms with Crippen molar-refractivity contribution < 1.29 is 14.4 Å². The van der Waals surface area contributed by atoms with Gasteiger partial charge in [0, 0.05) is 10.9 Å². The molecule has 2 aliphatic heterocycles. The van der Waals surface area contributed by atoms with Crippen molar-refractivity contribution in [2.75, 3.05) is 18.0 Å². The highest BCUT2D eigenvalue weighted by Crippen LogP contribution is 2.31. The van der Waals surface area contributed by atoms with Crippen molar-refractivity contribution in [1.82, 2.24) is 4.90 Å². The fourth-order valence-corrected chi connectivity index (χ4v) is 3.64. The number of hydrogen-bond acceptors (Lipinski definition) is 4. The van der Waals surface area contributed by atoms with E-state index in [2.05, 4.69) is 0 Å². The van der Waals surface area contributed by atoms with Gasteiger partial charge in [-0.05, 0) is 50.6 Å². The van der Waals surface area contributed by atoms with Crippen LogP contribution in [0, 0.1) is 12.8 Å². The Morgan fingerprint density at radius 1 is 1.25 bits per heavy atom. The maximum atomic E-state index is 12.8. The van der Waals surface area contributed by atoms with Crippen molar-refractivity contribution in [3.8, 4) is 0 Å². The maximum absolute atomic E-state index is 12.8. The average molecular weight is 350 g/mol. The van der Waals surface area contributed by atoms with E-state index in [1.165, 1.54) is 4.90 Å². The number of rotatable bonds is 3. The minimum absolute atomic E-state index is 0.139. The molecule has 0 unspecified atom stereocenters. The first-order valence-electron chi connectivity index (χ1n) is 8.05. The van der Waals surface area contributed by atoms with Gasteiger partial charge in [-0.1, -0.05) is 17.7 Å². The number of anilines is 1. The van der Waals surface area contributed by atoms with Crippen LogP contribution in [0.4, 0.5) is 5.69 Å². The lowest BCUT2D eigenvalue weighted by Gasteiger charge is -2.33. The Kier molecular flexibility index (Phi) is 4.60. The van der Waals surface area contributed by atoms with Gasteiger partial charge in [0.15, 0.2) is 0 Å². The number of halogens is 1. The predicted molar refractivity (Wildman–Crippen MR) is 90.6 cm³/mol. The van der Waals surface area contributed by atoms with Crippen LogP contribution in [-0.2, 0) is 14.4 Å². The van der Waals surface area contributed by atoms with Gasteiger partial charge in [-0.2, -0.15) is 0 Å². The number of nitrogens with two attached hydrogens (primary N) is 1. The smallest absolute Gasteiger partial charge is 0.251 e. The van der Waals surface area contributed by atoms with Crippen LogP contribution in [0.15, 0.2) is 18.2 Å². The van der Waals surface area contributed by atoms with Crippen molar-refractivity contribution in [1.29, 1.82) is 0 Å². The summed E-state index contributed by atoms with van der Waals surface area (Å²) in [7, 11) is 0. The van der Waals surface area contributed by atoms with Crippen molar-refractivity contribution in [3.05, 3.63) is 28.8 Å². The van der Waals surface area contributed by atoms with Crippen molar-refractivity contribution in [3.63, 3.8) is 0 Å². The molecule has 7 heteroatoms. The van der Waals surface area contributed by atoms with Gasteiger partial charge in [-0.25, -0.2) is 4.90 Å². The van der Waals surface area contributed by atoms with Crippen LogP contribution >= 0.6 is 11.6 Å². The molecule has 1 aromatic carbocycles. The topological polar surface area (TPSA) is 83.7 Å². The third-order valence-electron chi connectivity index (χ3n) is 4.91. The number of piperidine rings is 1. The van der Waals surface area contributed by atoms with E-state index in [9.17, 15) is 14.4 Å². The molecular formula is C17H20ClN3O3. The Morgan fingerprint density at radius 2 is 1.92 bits per heavy atom.